The lowest BCUT2D eigenvalue weighted by Gasteiger charge is -2.19. The van der Waals surface area contributed by atoms with E-state index in [1.54, 1.807) is 0 Å². The Morgan fingerprint density at radius 2 is 1.44 bits per heavy atom. The second-order valence-electron chi connectivity index (χ2n) is 5.16. The van der Waals surface area contributed by atoms with E-state index in [-0.39, 0.29) is 0 Å². The van der Waals surface area contributed by atoms with Crippen molar-refractivity contribution in [3.8, 4) is 0 Å². The van der Waals surface area contributed by atoms with Crippen LogP contribution in [0.4, 0.5) is 0 Å². The number of benzene rings is 1. The van der Waals surface area contributed by atoms with Gasteiger partial charge < -0.3 is 0 Å². The standard InChI is InChI=1S/C15H23P/c1-9(2)12-7-13(10(3)4)15(16)14(8-12)11(5)6/h7-8,10-11H,1,16H2,2-6H3. The molecule has 1 aromatic carbocycles. The molecule has 1 unspecified atom stereocenters. The summed E-state index contributed by atoms with van der Waals surface area (Å²) in [7, 11) is 2.91. The second-order valence-corrected chi connectivity index (χ2v) is 5.74. The van der Waals surface area contributed by atoms with E-state index in [0.717, 1.165) is 5.57 Å². The van der Waals surface area contributed by atoms with E-state index in [9.17, 15) is 0 Å². The van der Waals surface area contributed by atoms with E-state index >= 15 is 0 Å². The van der Waals surface area contributed by atoms with Gasteiger partial charge in [0.25, 0.3) is 0 Å². The highest BCUT2D eigenvalue weighted by atomic mass is 31.0. The van der Waals surface area contributed by atoms with Crippen LogP contribution in [0.5, 0.6) is 0 Å². The Hall–Kier alpha value is -0.610. The summed E-state index contributed by atoms with van der Waals surface area (Å²) in [6.07, 6.45) is 0. The minimum atomic E-state index is 0.560. The van der Waals surface area contributed by atoms with Crippen molar-refractivity contribution in [2.75, 3.05) is 0 Å². The molecule has 0 N–H and O–H groups in total. The Morgan fingerprint density at radius 1 is 1.06 bits per heavy atom. The third kappa shape index (κ3) is 2.74. The summed E-state index contributed by atoms with van der Waals surface area (Å²) in [5.74, 6) is 1.12. The molecule has 0 aliphatic rings. The van der Waals surface area contributed by atoms with Gasteiger partial charge in [0.05, 0.1) is 0 Å². The smallest absolute Gasteiger partial charge is 0.0212 e. The van der Waals surface area contributed by atoms with E-state index in [1.807, 2.05) is 0 Å². The summed E-state index contributed by atoms with van der Waals surface area (Å²) in [4.78, 5) is 0. The number of hydrogen-bond donors (Lipinski definition) is 0. The fourth-order valence-electron chi connectivity index (χ4n) is 1.90. The molecule has 1 atom stereocenters. The number of rotatable bonds is 3. The average molecular weight is 234 g/mol. The quantitative estimate of drug-likeness (QED) is 0.677. The maximum atomic E-state index is 4.05. The van der Waals surface area contributed by atoms with Gasteiger partial charge in [0.1, 0.15) is 0 Å². The van der Waals surface area contributed by atoms with Crippen LogP contribution in [-0.4, -0.2) is 0 Å². The molecule has 1 aromatic rings. The van der Waals surface area contributed by atoms with E-state index in [4.69, 9.17) is 0 Å². The molecule has 1 rings (SSSR count). The van der Waals surface area contributed by atoms with Gasteiger partial charge in [-0.2, -0.15) is 0 Å². The van der Waals surface area contributed by atoms with Crippen LogP contribution >= 0.6 is 9.24 Å². The fraction of sp³-hybridized carbons (Fsp3) is 0.467. The zero-order valence-electron chi connectivity index (χ0n) is 11.1. The predicted octanol–water partition coefficient (Wildman–Crippen LogP) is 4.47. The van der Waals surface area contributed by atoms with Gasteiger partial charge in [-0.15, -0.1) is 9.24 Å². The van der Waals surface area contributed by atoms with Crippen molar-refractivity contribution in [1.29, 1.82) is 0 Å². The van der Waals surface area contributed by atoms with Gasteiger partial charge >= 0.3 is 0 Å². The zero-order chi connectivity index (χ0) is 12.5. The topological polar surface area (TPSA) is 0 Å². The molecule has 0 radical (unpaired) electrons. The first-order chi connectivity index (χ1) is 7.34. The Kier molecular flexibility index (Phi) is 4.33. The molecular formula is C15H23P. The maximum Gasteiger partial charge on any atom is -0.0212 e. The predicted molar refractivity (Wildman–Crippen MR) is 78.7 cm³/mol. The lowest BCUT2D eigenvalue weighted by atomic mass is 9.91. The molecule has 0 bridgehead atoms. The molecule has 88 valence electrons. The molecule has 0 saturated heterocycles. The van der Waals surface area contributed by atoms with E-state index < -0.39 is 0 Å². The summed E-state index contributed by atoms with van der Waals surface area (Å²) in [5, 5.41) is 1.37. The van der Waals surface area contributed by atoms with Crippen molar-refractivity contribution in [2.24, 2.45) is 0 Å². The van der Waals surface area contributed by atoms with E-state index in [1.165, 1.54) is 22.0 Å². The van der Waals surface area contributed by atoms with Crippen molar-refractivity contribution >= 4 is 20.1 Å². The summed E-state index contributed by atoms with van der Waals surface area (Å²) >= 11 is 0. The first-order valence-corrected chi connectivity index (χ1v) is 6.51. The molecule has 1 heteroatoms. The third-order valence-corrected chi connectivity index (χ3v) is 3.65. The van der Waals surface area contributed by atoms with Crippen molar-refractivity contribution in [3.63, 3.8) is 0 Å². The van der Waals surface area contributed by atoms with Crippen LogP contribution in [0.15, 0.2) is 18.7 Å². The Labute approximate surface area is 102 Å². The second kappa shape index (κ2) is 5.15. The molecule has 0 heterocycles. The molecular weight excluding hydrogens is 211 g/mol. The van der Waals surface area contributed by atoms with Crippen LogP contribution in [0.1, 0.15) is 63.1 Å². The first-order valence-electron chi connectivity index (χ1n) is 5.93. The molecule has 0 aliphatic heterocycles. The van der Waals surface area contributed by atoms with Gasteiger partial charge in [0.2, 0.25) is 0 Å². The summed E-state index contributed by atoms with van der Waals surface area (Å²) < 4.78 is 0. The highest BCUT2D eigenvalue weighted by molar-refractivity contribution is 7.27. The van der Waals surface area contributed by atoms with Gasteiger partial charge in [0.15, 0.2) is 0 Å². The third-order valence-electron chi connectivity index (χ3n) is 2.98. The maximum absolute atomic E-state index is 4.05. The summed E-state index contributed by atoms with van der Waals surface area (Å²) in [6, 6.07) is 4.56. The Bertz CT molecular complexity index is 371. The summed E-state index contributed by atoms with van der Waals surface area (Å²) in [5.41, 5.74) is 5.27. The normalized spacial score (nSPS) is 11.2. The van der Waals surface area contributed by atoms with E-state index in [2.05, 4.69) is 62.6 Å². The molecule has 16 heavy (non-hydrogen) atoms. The molecule has 0 saturated carbocycles. The SMILES string of the molecule is C=C(C)c1cc(C(C)C)c(P)c(C(C)C)c1. The molecule has 0 fully saturated rings. The van der Waals surface area contributed by atoms with Crippen LogP contribution in [0.25, 0.3) is 5.57 Å². The minimum Gasteiger partial charge on any atom is -0.105 e. The first kappa shape index (κ1) is 13.5. The van der Waals surface area contributed by atoms with Crippen molar-refractivity contribution in [2.45, 2.75) is 46.5 Å². The fourth-order valence-corrected chi connectivity index (χ4v) is 2.73. The molecule has 0 nitrogen and oxygen atoms in total. The van der Waals surface area contributed by atoms with Crippen LogP contribution in [0, 0.1) is 0 Å². The molecule has 0 amide bonds. The minimum absolute atomic E-state index is 0.560. The van der Waals surface area contributed by atoms with Crippen LogP contribution < -0.4 is 5.30 Å². The monoisotopic (exact) mass is 234 g/mol. The van der Waals surface area contributed by atoms with Crippen molar-refractivity contribution < 1.29 is 0 Å². The van der Waals surface area contributed by atoms with Gasteiger partial charge in [-0.05, 0) is 40.8 Å². The van der Waals surface area contributed by atoms with Crippen molar-refractivity contribution in [3.05, 3.63) is 35.4 Å². The lowest BCUT2D eigenvalue weighted by molar-refractivity contribution is 0.845. The molecule has 0 spiro atoms. The van der Waals surface area contributed by atoms with Gasteiger partial charge in [0, 0.05) is 0 Å². The summed E-state index contributed by atoms with van der Waals surface area (Å²) in [6.45, 7) is 15.1. The lowest BCUT2D eigenvalue weighted by Crippen LogP contribution is -2.12. The number of allylic oxidation sites excluding steroid dienone is 1. The number of hydrogen-bond acceptors (Lipinski definition) is 0. The molecule has 0 aliphatic carbocycles. The van der Waals surface area contributed by atoms with Gasteiger partial charge in [-0.3, -0.25) is 0 Å². The largest absolute Gasteiger partial charge is 0.105 e. The zero-order valence-corrected chi connectivity index (χ0v) is 12.2. The average Bonchev–Trinajstić information content (AvgIpc) is 2.16. The van der Waals surface area contributed by atoms with Crippen LogP contribution in [0.2, 0.25) is 0 Å². The van der Waals surface area contributed by atoms with Gasteiger partial charge in [-0.1, -0.05) is 52.0 Å². The molecule has 0 aromatic heterocycles. The van der Waals surface area contributed by atoms with Crippen molar-refractivity contribution in [1.82, 2.24) is 0 Å². The Balaban J connectivity index is 3.45. The van der Waals surface area contributed by atoms with Gasteiger partial charge in [-0.25, -0.2) is 0 Å². The van der Waals surface area contributed by atoms with Crippen LogP contribution in [0.3, 0.4) is 0 Å². The Morgan fingerprint density at radius 3 is 1.69 bits per heavy atom. The highest BCUT2D eigenvalue weighted by Crippen LogP contribution is 2.26. The van der Waals surface area contributed by atoms with E-state index in [0.29, 0.717) is 11.8 Å². The highest BCUT2D eigenvalue weighted by Gasteiger charge is 2.12. The van der Waals surface area contributed by atoms with Crippen LogP contribution in [-0.2, 0) is 0 Å².